The molecule has 3 aromatic rings. The summed E-state index contributed by atoms with van der Waals surface area (Å²) in [5, 5.41) is 13.6. The summed E-state index contributed by atoms with van der Waals surface area (Å²) in [6.07, 6.45) is 7.97. The molecule has 0 saturated carbocycles. The normalized spacial score (nSPS) is 18.7. The molecule has 0 aliphatic heterocycles. The molecular formula is C32H34O4. The molecule has 6 bridgehead atoms. The van der Waals surface area contributed by atoms with Gasteiger partial charge in [0.15, 0.2) is 17.3 Å². The standard InChI is InChI=1S/C32H34O4/c1-3-20-8-10-23-15-21(14-22-6-4-5-7-27(22)23)16-29-28-13-11-24(30(34)19-26(33)12-9-20)17-25(28)18-31(36-2)32(29)35/h4-7,14-15,17-18,20,35H,3,8-13,16,19H2,1-2H3/t20-/m0/s1. The second kappa shape index (κ2) is 10.3. The van der Waals surface area contributed by atoms with E-state index in [0.29, 0.717) is 42.9 Å². The Bertz CT molecular complexity index is 1360. The fourth-order valence-electron chi connectivity index (χ4n) is 5.90. The molecular weight excluding hydrogens is 448 g/mol. The van der Waals surface area contributed by atoms with Crippen LogP contribution in [0.15, 0.2) is 48.0 Å². The molecule has 0 heterocycles. The van der Waals surface area contributed by atoms with Crippen molar-refractivity contribution < 1.29 is 19.4 Å². The number of benzene rings is 3. The van der Waals surface area contributed by atoms with E-state index in [1.807, 2.05) is 12.1 Å². The van der Waals surface area contributed by atoms with Gasteiger partial charge in [0.2, 0.25) is 0 Å². The van der Waals surface area contributed by atoms with Crippen molar-refractivity contribution in [3.05, 3.63) is 75.9 Å². The van der Waals surface area contributed by atoms with Gasteiger partial charge in [-0.15, -0.1) is 0 Å². The molecule has 0 unspecified atom stereocenters. The number of carbonyl (C=O) groups is 2. The summed E-state index contributed by atoms with van der Waals surface area (Å²) in [6.45, 7) is 2.19. The highest BCUT2D eigenvalue weighted by Gasteiger charge is 2.25. The van der Waals surface area contributed by atoms with E-state index in [9.17, 15) is 14.7 Å². The van der Waals surface area contributed by atoms with E-state index in [-0.39, 0.29) is 23.7 Å². The van der Waals surface area contributed by atoms with Gasteiger partial charge in [0.25, 0.3) is 0 Å². The van der Waals surface area contributed by atoms with Crippen LogP contribution in [0.5, 0.6) is 11.5 Å². The lowest BCUT2D eigenvalue weighted by Crippen LogP contribution is -2.15. The first kappa shape index (κ1) is 24.3. The number of fused-ring (bicyclic) bond motifs is 9. The maximum Gasteiger partial charge on any atom is 0.166 e. The van der Waals surface area contributed by atoms with Crippen LogP contribution < -0.4 is 4.74 Å². The first-order valence-corrected chi connectivity index (χ1v) is 13.1. The largest absolute Gasteiger partial charge is 0.504 e. The van der Waals surface area contributed by atoms with Crippen molar-refractivity contribution in [3.8, 4) is 11.5 Å². The van der Waals surface area contributed by atoms with Gasteiger partial charge in [0.1, 0.15) is 5.78 Å². The average Bonchev–Trinajstić information content (AvgIpc) is 2.89. The van der Waals surface area contributed by atoms with Gasteiger partial charge < -0.3 is 9.84 Å². The van der Waals surface area contributed by atoms with E-state index in [1.165, 1.54) is 16.3 Å². The molecule has 0 saturated heterocycles. The number of allylic oxidation sites excluding steroid dienone is 1. The number of ketones is 2. The third-order valence-electron chi connectivity index (χ3n) is 8.05. The van der Waals surface area contributed by atoms with Crippen molar-refractivity contribution in [3.63, 3.8) is 0 Å². The Morgan fingerprint density at radius 2 is 1.75 bits per heavy atom. The minimum Gasteiger partial charge on any atom is -0.504 e. The van der Waals surface area contributed by atoms with Crippen LogP contribution in [0.25, 0.3) is 16.8 Å². The first-order chi connectivity index (χ1) is 17.5. The van der Waals surface area contributed by atoms with E-state index >= 15 is 0 Å². The number of carbonyl (C=O) groups excluding carboxylic acids is 2. The summed E-state index contributed by atoms with van der Waals surface area (Å²) in [5.41, 5.74) is 5.98. The molecule has 3 aliphatic rings. The number of methoxy groups -OCH3 is 1. The zero-order chi connectivity index (χ0) is 25.2. The van der Waals surface area contributed by atoms with Crippen LogP contribution in [-0.4, -0.2) is 23.8 Å². The van der Waals surface area contributed by atoms with Gasteiger partial charge in [-0.25, -0.2) is 0 Å². The van der Waals surface area contributed by atoms with E-state index in [0.717, 1.165) is 47.9 Å². The molecule has 4 heteroatoms. The number of hydrogen-bond acceptors (Lipinski definition) is 4. The minimum atomic E-state index is -0.0745. The molecule has 0 spiro atoms. The van der Waals surface area contributed by atoms with E-state index in [4.69, 9.17) is 4.74 Å². The highest BCUT2D eigenvalue weighted by atomic mass is 16.5. The fourth-order valence-corrected chi connectivity index (χ4v) is 5.90. The predicted octanol–water partition coefficient (Wildman–Crippen LogP) is 6.76. The van der Waals surface area contributed by atoms with Crippen LogP contribution in [0.4, 0.5) is 0 Å². The van der Waals surface area contributed by atoms with Gasteiger partial charge in [-0.3, -0.25) is 9.59 Å². The minimum absolute atomic E-state index is 0.0227. The maximum absolute atomic E-state index is 13.0. The lowest BCUT2D eigenvalue weighted by atomic mass is 9.83. The highest BCUT2D eigenvalue weighted by molar-refractivity contribution is 6.10. The molecule has 36 heavy (non-hydrogen) atoms. The van der Waals surface area contributed by atoms with Crippen LogP contribution in [0, 0.1) is 5.92 Å². The van der Waals surface area contributed by atoms with Gasteiger partial charge in [-0.1, -0.05) is 49.7 Å². The molecule has 186 valence electrons. The van der Waals surface area contributed by atoms with Crippen molar-refractivity contribution in [1.82, 2.24) is 0 Å². The molecule has 1 atom stereocenters. The van der Waals surface area contributed by atoms with Crippen molar-refractivity contribution in [2.24, 2.45) is 5.92 Å². The smallest absolute Gasteiger partial charge is 0.166 e. The molecule has 0 aromatic heterocycles. The SMILES string of the molecule is CC[C@@H]1CCC(=O)CC(=O)C2=Cc3cc(OC)c(O)c(c3CC2)Cc2cc(c3ccccc3c2)CC1. The van der Waals surface area contributed by atoms with Crippen molar-refractivity contribution in [1.29, 1.82) is 0 Å². The van der Waals surface area contributed by atoms with Gasteiger partial charge in [0, 0.05) is 18.4 Å². The number of aryl methyl sites for hydroxylation is 1. The Kier molecular flexibility index (Phi) is 6.95. The van der Waals surface area contributed by atoms with Gasteiger partial charge >= 0.3 is 0 Å². The summed E-state index contributed by atoms with van der Waals surface area (Å²) in [5.74, 6) is 0.992. The topological polar surface area (TPSA) is 63.6 Å². The van der Waals surface area contributed by atoms with Gasteiger partial charge in [-0.2, -0.15) is 0 Å². The van der Waals surface area contributed by atoms with E-state index in [2.05, 4.69) is 43.3 Å². The van der Waals surface area contributed by atoms with E-state index < -0.39 is 0 Å². The second-order valence-corrected chi connectivity index (χ2v) is 10.3. The zero-order valence-corrected chi connectivity index (χ0v) is 21.2. The molecule has 0 radical (unpaired) electrons. The van der Waals surface area contributed by atoms with Crippen LogP contribution in [0.3, 0.4) is 0 Å². The number of aromatic hydroxyl groups is 1. The quantitative estimate of drug-likeness (QED) is 0.410. The number of Topliss-reactive ketones (excluding diaryl/α,β-unsaturated/α-hetero) is 2. The molecule has 3 aliphatic carbocycles. The number of phenols is 1. The fraction of sp³-hybridized carbons (Fsp3) is 0.375. The summed E-state index contributed by atoms with van der Waals surface area (Å²) in [6, 6.07) is 14.8. The predicted molar refractivity (Wildman–Crippen MR) is 144 cm³/mol. The zero-order valence-electron chi connectivity index (χ0n) is 21.2. The van der Waals surface area contributed by atoms with E-state index in [1.54, 1.807) is 7.11 Å². The highest BCUT2D eigenvalue weighted by Crippen LogP contribution is 2.41. The number of ether oxygens (including phenoxy) is 1. The monoisotopic (exact) mass is 482 g/mol. The Labute approximate surface area is 213 Å². The van der Waals surface area contributed by atoms with Crippen molar-refractivity contribution >= 4 is 28.4 Å². The number of rotatable bonds is 2. The van der Waals surface area contributed by atoms with Gasteiger partial charge in [-0.05, 0) is 88.8 Å². The molecule has 1 N–H and O–H groups in total. The molecule has 4 nitrogen and oxygen atoms in total. The molecule has 0 amide bonds. The van der Waals surface area contributed by atoms with Crippen molar-refractivity contribution in [2.45, 2.75) is 64.7 Å². The average molecular weight is 483 g/mol. The summed E-state index contributed by atoms with van der Waals surface area (Å²) in [7, 11) is 1.55. The lowest BCUT2D eigenvalue weighted by molar-refractivity contribution is -0.125. The summed E-state index contributed by atoms with van der Waals surface area (Å²) in [4.78, 5) is 25.7. The van der Waals surface area contributed by atoms with Crippen LogP contribution in [-0.2, 0) is 28.9 Å². The maximum atomic E-state index is 13.0. The Morgan fingerprint density at radius 3 is 2.56 bits per heavy atom. The Morgan fingerprint density at radius 1 is 0.944 bits per heavy atom. The summed E-state index contributed by atoms with van der Waals surface area (Å²) >= 11 is 0. The first-order valence-electron chi connectivity index (χ1n) is 13.1. The van der Waals surface area contributed by atoms with Crippen molar-refractivity contribution in [2.75, 3.05) is 7.11 Å². The molecule has 6 rings (SSSR count). The third kappa shape index (κ3) is 4.82. The number of hydrogen-bond donors (Lipinski definition) is 1. The molecule has 0 fully saturated rings. The molecule has 3 aromatic carbocycles. The van der Waals surface area contributed by atoms with Crippen LogP contribution in [0.2, 0.25) is 0 Å². The van der Waals surface area contributed by atoms with Crippen LogP contribution >= 0.6 is 0 Å². The Hall–Kier alpha value is -3.40. The van der Waals surface area contributed by atoms with Crippen LogP contribution in [0.1, 0.15) is 73.3 Å². The van der Waals surface area contributed by atoms with Gasteiger partial charge in [0.05, 0.1) is 13.5 Å². The third-order valence-corrected chi connectivity index (χ3v) is 8.05. The lowest BCUT2D eigenvalue weighted by Gasteiger charge is -2.22. The Balaban J connectivity index is 1.66. The second-order valence-electron chi connectivity index (χ2n) is 10.3. The summed E-state index contributed by atoms with van der Waals surface area (Å²) < 4.78 is 5.51. The number of phenolic OH excluding ortho intramolecular Hbond substituents is 1.